The quantitative estimate of drug-likeness (QED) is 0.765. The van der Waals surface area contributed by atoms with E-state index in [1.807, 2.05) is 32.0 Å². The highest BCUT2D eigenvalue weighted by Gasteiger charge is 2.13. The van der Waals surface area contributed by atoms with E-state index in [0.717, 1.165) is 16.9 Å². The number of aryl methyl sites for hydroxylation is 2. The minimum Gasteiger partial charge on any atom is -0.381 e. The first-order valence-corrected chi connectivity index (χ1v) is 9.23. The fourth-order valence-corrected chi connectivity index (χ4v) is 3.41. The van der Waals surface area contributed by atoms with Gasteiger partial charge in [-0.3, -0.25) is 4.79 Å². The van der Waals surface area contributed by atoms with E-state index < -0.39 is 0 Å². The monoisotopic (exact) mass is 337 g/mol. The Hall–Kier alpha value is -2.36. The molecule has 0 atom stereocenters. The molecule has 0 radical (unpaired) electrons. The van der Waals surface area contributed by atoms with Gasteiger partial charge in [0.05, 0.1) is 11.9 Å². The second-order valence-electron chi connectivity index (χ2n) is 7.04. The highest BCUT2D eigenvalue weighted by atomic mass is 16.1. The Morgan fingerprint density at radius 2 is 1.80 bits per heavy atom. The van der Waals surface area contributed by atoms with Crippen LogP contribution in [-0.2, 0) is 0 Å². The van der Waals surface area contributed by atoms with Gasteiger partial charge in [-0.1, -0.05) is 43.4 Å². The summed E-state index contributed by atoms with van der Waals surface area (Å²) < 4.78 is 0. The first-order valence-electron chi connectivity index (χ1n) is 9.23. The molecule has 4 heteroatoms. The van der Waals surface area contributed by atoms with Gasteiger partial charge in [-0.25, -0.2) is 4.98 Å². The third-order valence-electron chi connectivity index (χ3n) is 4.85. The molecule has 1 aliphatic carbocycles. The number of carbonyl (C=O) groups excluding carboxylic acids is 1. The van der Waals surface area contributed by atoms with Crippen molar-refractivity contribution in [1.82, 2.24) is 4.98 Å². The summed E-state index contributed by atoms with van der Waals surface area (Å²) in [5.74, 6) is -0.173. The molecule has 1 aromatic carbocycles. The average molecular weight is 337 g/mol. The molecule has 1 saturated carbocycles. The molecule has 3 rings (SSSR count). The zero-order valence-corrected chi connectivity index (χ0v) is 15.1. The number of benzene rings is 1. The third-order valence-corrected chi connectivity index (χ3v) is 4.85. The molecule has 1 amide bonds. The van der Waals surface area contributed by atoms with Crippen LogP contribution in [0.5, 0.6) is 0 Å². The van der Waals surface area contributed by atoms with Gasteiger partial charge >= 0.3 is 0 Å². The van der Waals surface area contributed by atoms with Crippen molar-refractivity contribution in [3.63, 3.8) is 0 Å². The fraction of sp³-hybridized carbons (Fsp3) is 0.429. The van der Waals surface area contributed by atoms with E-state index in [1.165, 1.54) is 44.1 Å². The van der Waals surface area contributed by atoms with Crippen LogP contribution in [0.4, 0.5) is 11.4 Å². The lowest BCUT2D eigenvalue weighted by atomic mass is 10.1. The van der Waals surface area contributed by atoms with Gasteiger partial charge in [0.25, 0.3) is 5.91 Å². The van der Waals surface area contributed by atoms with Crippen LogP contribution in [0.1, 0.15) is 60.1 Å². The molecule has 1 aliphatic rings. The first kappa shape index (κ1) is 17.5. The minimum atomic E-state index is -0.173. The van der Waals surface area contributed by atoms with Crippen LogP contribution in [0.15, 0.2) is 36.5 Å². The number of carbonyl (C=O) groups is 1. The van der Waals surface area contributed by atoms with E-state index in [-0.39, 0.29) is 5.91 Å². The second-order valence-corrected chi connectivity index (χ2v) is 7.04. The lowest BCUT2D eigenvalue weighted by Crippen LogP contribution is -2.19. The third kappa shape index (κ3) is 4.81. The Bertz CT molecular complexity index is 716. The Kier molecular flexibility index (Phi) is 5.69. The van der Waals surface area contributed by atoms with Gasteiger partial charge < -0.3 is 10.6 Å². The molecule has 0 aliphatic heterocycles. The highest BCUT2D eigenvalue weighted by molar-refractivity contribution is 6.03. The Balaban J connectivity index is 1.62. The number of hydrogen-bond donors (Lipinski definition) is 2. The van der Waals surface area contributed by atoms with Crippen molar-refractivity contribution in [2.24, 2.45) is 0 Å². The minimum absolute atomic E-state index is 0.173. The maximum absolute atomic E-state index is 12.4. The predicted molar refractivity (Wildman–Crippen MR) is 103 cm³/mol. The van der Waals surface area contributed by atoms with Gasteiger partial charge in [0.1, 0.15) is 5.69 Å². The summed E-state index contributed by atoms with van der Waals surface area (Å²) in [6.45, 7) is 4.04. The molecule has 132 valence electrons. The summed E-state index contributed by atoms with van der Waals surface area (Å²) in [5, 5.41) is 6.50. The zero-order chi connectivity index (χ0) is 17.6. The number of pyridine rings is 1. The highest BCUT2D eigenvalue weighted by Crippen LogP contribution is 2.21. The number of anilines is 2. The molecule has 2 N–H and O–H groups in total. The smallest absolute Gasteiger partial charge is 0.274 e. The van der Waals surface area contributed by atoms with Crippen molar-refractivity contribution in [3.05, 3.63) is 53.3 Å². The van der Waals surface area contributed by atoms with E-state index in [1.54, 1.807) is 12.3 Å². The van der Waals surface area contributed by atoms with Crippen molar-refractivity contribution in [2.45, 2.75) is 58.4 Å². The molecule has 25 heavy (non-hydrogen) atoms. The van der Waals surface area contributed by atoms with Crippen LogP contribution in [-0.4, -0.2) is 16.9 Å². The number of hydrogen-bond acceptors (Lipinski definition) is 3. The van der Waals surface area contributed by atoms with Crippen molar-refractivity contribution in [2.75, 3.05) is 10.6 Å². The molecule has 1 fully saturated rings. The van der Waals surface area contributed by atoms with Gasteiger partial charge in [0, 0.05) is 11.7 Å². The SMILES string of the molecule is Cc1ccc(NC(=O)c2ccc(NC3CCCCCC3)cn2)c(C)c1. The number of rotatable bonds is 4. The molecule has 0 spiro atoms. The van der Waals surface area contributed by atoms with Crippen LogP contribution in [0, 0.1) is 13.8 Å². The number of nitrogens with zero attached hydrogens (tertiary/aromatic N) is 1. The zero-order valence-electron chi connectivity index (χ0n) is 15.1. The summed E-state index contributed by atoms with van der Waals surface area (Å²) in [6.07, 6.45) is 9.47. The Morgan fingerprint density at radius 3 is 2.44 bits per heavy atom. The van der Waals surface area contributed by atoms with E-state index in [4.69, 9.17) is 0 Å². The van der Waals surface area contributed by atoms with Crippen LogP contribution in [0.2, 0.25) is 0 Å². The predicted octanol–water partition coefficient (Wildman–Crippen LogP) is 5.09. The maximum Gasteiger partial charge on any atom is 0.274 e. The summed E-state index contributed by atoms with van der Waals surface area (Å²) in [4.78, 5) is 16.7. The van der Waals surface area contributed by atoms with Gasteiger partial charge in [-0.15, -0.1) is 0 Å². The van der Waals surface area contributed by atoms with Gasteiger partial charge in [0.15, 0.2) is 0 Å². The summed E-state index contributed by atoms with van der Waals surface area (Å²) in [7, 11) is 0. The van der Waals surface area contributed by atoms with Gasteiger partial charge in [0.2, 0.25) is 0 Å². The van der Waals surface area contributed by atoms with E-state index in [0.29, 0.717) is 11.7 Å². The Labute approximate surface area is 150 Å². The van der Waals surface area contributed by atoms with Gasteiger partial charge in [-0.05, 0) is 50.5 Å². The van der Waals surface area contributed by atoms with Crippen molar-refractivity contribution in [1.29, 1.82) is 0 Å². The topological polar surface area (TPSA) is 54.0 Å². The fourth-order valence-electron chi connectivity index (χ4n) is 3.41. The second kappa shape index (κ2) is 8.15. The standard InChI is InChI=1S/C21H27N3O/c1-15-9-11-19(16(2)13-15)24-21(25)20-12-10-18(14-22-20)23-17-7-5-3-4-6-8-17/h9-14,17,23H,3-8H2,1-2H3,(H,24,25). The first-order chi connectivity index (χ1) is 12.1. The Morgan fingerprint density at radius 1 is 1.04 bits per heavy atom. The summed E-state index contributed by atoms with van der Waals surface area (Å²) >= 11 is 0. The molecular weight excluding hydrogens is 310 g/mol. The van der Waals surface area contributed by atoms with E-state index in [2.05, 4.69) is 21.7 Å². The van der Waals surface area contributed by atoms with Crippen molar-refractivity contribution < 1.29 is 4.79 Å². The largest absolute Gasteiger partial charge is 0.381 e. The maximum atomic E-state index is 12.4. The van der Waals surface area contributed by atoms with Crippen molar-refractivity contribution >= 4 is 17.3 Å². The molecule has 0 unspecified atom stereocenters. The van der Waals surface area contributed by atoms with Crippen LogP contribution in [0.3, 0.4) is 0 Å². The van der Waals surface area contributed by atoms with E-state index in [9.17, 15) is 4.79 Å². The van der Waals surface area contributed by atoms with E-state index >= 15 is 0 Å². The number of nitrogens with one attached hydrogen (secondary N) is 2. The lowest BCUT2D eigenvalue weighted by Gasteiger charge is -2.17. The summed E-state index contributed by atoms with van der Waals surface area (Å²) in [5.41, 5.74) is 4.50. The molecular formula is C21H27N3O. The average Bonchev–Trinajstić information content (AvgIpc) is 2.87. The number of aromatic nitrogens is 1. The van der Waals surface area contributed by atoms with Crippen molar-refractivity contribution in [3.8, 4) is 0 Å². The molecule has 4 nitrogen and oxygen atoms in total. The summed E-state index contributed by atoms with van der Waals surface area (Å²) in [6, 6.07) is 10.3. The number of amides is 1. The molecule has 0 bridgehead atoms. The molecule has 1 aromatic heterocycles. The van der Waals surface area contributed by atoms with Crippen LogP contribution in [0.25, 0.3) is 0 Å². The molecule has 1 heterocycles. The normalized spacial score (nSPS) is 15.4. The molecule has 2 aromatic rings. The van der Waals surface area contributed by atoms with Crippen LogP contribution < -0.4 is 10.6 Å². The lowest BCUT2D eigenvalue weighted by molar-refractivity contribution is 0.102. The van der Waals surface area contributed by atoms with Crippen LogP contribution >= 0.6 is 0 Å². The molecule has 0 saturated heterocycles. The van der Waals surface area contributed by atoms with Gasteiger partial charge in [-0.2, -0.15) is 0 Å².